The van der Waals surface area contributed by atoms with Crippen LogP contribution in [0.5, 0.6) is 0 Å². The maximum atomic E-state index is 13.7. The fraction of sp³-hybridized carbons (Fsp3) is 0.214. The zero-order valence-electron chi connectivity index (χ0n) is 20.1. The Morgan fingerprint density at radius 1 is 1.03 bits per heavy atom. The molecule has 0 atom stereocenters. The molecule has 3 aromatic heterocycles. The van der Waals surface area contributed by atoms with Gasteiger partial charge in [0.1, 0.15) is 16.0 Å². The number of likely N-dealkylation sites (tertiary alicyclic amines) is 1. The second-order valence-corrected chi connectivity index (χ2v) is 10.3. The molecule has 8 nitrogen and oxygen atoms in total. The molecule has 0 aliphatic carbocycles. The first kappa shape index (κ1) is 23.3. The van der Waals surface area contributed by atoms with E-state index in [0.29, 0.717) is 39.2 Å². The molecule has 0 radical (unpaired) electrons. The number of benzene rings is 2. The Morgan fingerprint density at radius 2 is 1.84 bits per heavy atom. The van der Waals surface area contributed by atoms with Crippen molar-refractivity contribution in [2.45, 2.75) is 12.8 Å². The van der Waals surface area contributed by atoms with Gasteiger partial charge in [-0.25, -0.2) is 4.98 Å². The van der Waals surface area contributed by atoms with Crippen molar-refractivity contribution in [1.82, 2.24) is 19.6 Å². The second-order valence-electron chi connectivity index (χ2n) is 9.23. The molecular weight excluding hydrogens is 486 g/mol. The average molecular weight is 512 g/mol. The monoisotopic (exact) mass is 511 g/mol. The van der Waals surface area contributed by atoms with Crippen molar-refractivity contribution < 1.29 is 9.59 Å². The van der Waals surface area contributed by atoms with Gasteiger partial charge in [0, 0.05) is 24.2 Å². The van der Waals surface area contributed by atoms with Crippen LogP contribution >= 0.6 is 11.3 Å². The number of para-hydroxylation sites is 1. The topological polar surface area (TPSA) is 110 Å². The second kappa shape index (κ2) is 9.42. The van der Waals surface area contributed by atoms with Crippen molar-refractivity contribution in [1.29, 1.82) is 0 Å². The van der Waals surface area contributed by atoms with Gasteiger partial charge in [-0.1, -0.05) is 24.3 Å². The predicted octanol–water partition coefficient (Wildman–Crippen LogP) is 3.65. The zero-order valence-corrected chi connectivity index (χ0v) is 20.9. The van der Waals surface area contributed by atoms with Gasteiger partial charge in [-0.2, -0.15) is 0 Å². The highest BCUT2D eigenvalue weighted by Crippen LogP contribution is 2.31. The fourth-order valence-corrected chi connectivity index (χ4v) is 6.19. The summed E-state index contributed by atoms with van der Waals surface area (Å²) in [6.07, 6.45) is 2.37. The average Bonchev–Trinajstić information content (AvgIpc) is 3.56. The van der Waals surface area contributed by atoms with Crippen LogP contribution in [0.1, 0.15) is 33.6 Å². The van der Waals surface area contributed by atoms with Crippen LogP contribution in [0.4, 0.5) is 0 Å². The summed E-state index contributed by atoms with van der Waals surface area (Å²) < 4.78 is 2.84. The summed E-state index contributed by atoms with van der Waals surface area (Å²) in [5, 5.41) is 3.33. The number of thiazole rings is 1. The molecule has 4 heterocycles. The molecule has 5 aromatic rings. The minimum Gasteiger partial charge on any atom is -0.366 e. The molecule has 1 saturated heterocycles. The van der Waals surface area contributed by atoms with Crippen molar-refractivity contribution in [2.24, 2.45) is 5.73 Å². The van der Waals surface area contributed by atoms with Gasteiger partial charge >= 0.3 is 0 Å². The van der Waals surface area contributed by atoms with Gasteiger partial charge < -0.3 is 16.0 Å². The maximum Gasteiger partial charge on any atom is 0.258 e. The van der Waals surface area contributed by atoms with Gasteiger partial charge in [0.15, 0.2) is 0 Å². The van der Waals surface area contributed by atoms with Gasteiger partial charge in [-0.3, -0.25) is 18.8 Å². The van der Waals surface area contributed by atoms with Crippen LogP contribution in [0.2, 0.25) is 0 Å². The lowest BCUT2D eigenvalue weighted by atomic mass is 10.1. The van der Waals surface area contributed by atoms with Crippen molar-refractivity contribution in [3.8, 4) is 11.3 Å². The van der Waals surface area contributed by atoms with E-state index in [1.807, 2.05) is 34.7 Å². The molecule has 1 aliphatic rings. The third-order valence-electron chi connectivity index (χ3n) is 6.87. The summed E-state index contributed by atoms with van der Waals surface area (Å²) in [5.41, 5.74) is 8.29. The molecule has 3 N–H and O–H groups in total. The first-order valence-corrected chi connectivity index (χ1v) is 13.1. The Balaban J connectivity index is 1.51. The number of hydrogen-bond donors (Lipinski definition) is 2. The number of nitrogens with zero attached hydrogens (tertiary/aromatic N) is 3. The highest BCUT2D eigenvalue weighted by Gasteiger charge is 2.23. The summed E-state index contributed by atoms with van der Waals surface area (Å²) in [7, 11) is 0. The zero-order chi connectivity index (χ0) is 25.5. The number of primary amides is 1. The van der Waals surface area contributed by atoms with Crippen molar-refractivity contribution in [3.63, 3.8) is 0 Å². The predicted molar refractivity (Wildman–Crippen MR) is 146 cm³/mol. The van der Waals surface area contributed by atoms with Crippen LogP contribution in [-0.2, 0) is 0 Å². The quantitative estimate of drug-likeness (QED) is 0.362. The lowest BCUT2D eigenvalue weighted by Gasteiger charge is -2.15. The number of carbonyl (C=O) groups excluding carboxylic acids is 2. The molecule has 1 aliphatic heterocycles. The number of rotatable bonds is 6. The maximum absolute atomic E-state index is 13.7. The van der Waals surface area contributed by atoms with Gasteiger partial charge in [-0.05, 0) is 62.3 Å². The van der Waals surface area contributed by atoms with E-state index in [4.69, 9.17) is 10.7 Å². The van der Waals surface area contributed by atoms with Crippen molar-refractivity contribution in [3.05, 3.63) is 82.0 Å². The van der Waals surface area contributed by atoms with Gasteiger partial charge in [0.2, 0.25) is 11.3 Å². The van der Waals surface area contributed by atoms with Gasteiger partial charge in [0.05, 0.1) is 21.3 Å². The third-order valence-corrected chi connectivity index (χ3v) is 8.02. The van der Waals surface area contributed by atoms with Crippen LogP contribution in [0.3, 0.4) is 0 Å². The minimum atomic E-state index is -0.523. The molecule has 0 bridgehead atoms. The van der Waals surface area contributed by atoms with Crippen molar-refractivity contribution >= 4 is 49.2 Å². The first-order valence-electron chi connectivity index (χ1n) is 12.3. The van der Waals surface area contributed by atoms with Crippen LogP contribution in [0.25, 0.3) is 37.3 Å². The smallest absolute Gasteiger partial charge is 0.258 e. The Kier molecular flexibility index (Phi) is 5.94. The lowest BCUT2D eigenvalue weighted by Crippen LogP contribution is -2.35. The number of pyridine rings is 2. The SMILES string of the molecule is NC(=O)c1cccc(-c2ccc3c(=O)c(C(=O)NCCN4CCCC4)c4sc5ccccc5n4c3n2)c1. The van der Waals surface area contributed by atoms with E-state index in [1.54, 1.807) is 30.3 Å². The highest BCUT2D eigenvalue weighted by molar-refractivity contribution is 7.24. The summed E-state index contributed by atoms with van der Waals surface area (Å²) in [5.74, 6) is -0.890. The number of nitrogens with one attached hydrogen (secondary N) is 1. The molecule has 2 aromatic carbocycles. The Morgan fingerprint density at radius 3 is 2.65 bits per heavy atom. The molecule has 0 spiro atoms. The first-order chi connectivity index (χ1) is 18.0. The molecule has 2 amide bonds. The molecule has 186 valence electrons. The number of amides is 2. The van der Waals surface area contributed by atoms with Crippen LogP contribution < -0.4 is 16.5 Å². The largest absolute Gasteiger partial charge is 0.366 e. The van der Waals surface area contributed by atoms with Gasteiger partial charge in [-0.15, -0.1) is 11.3 Å². The number of hydrogen-bond acceptors (Lipinski definition) is 6. The minimum absolute atomic E-state index is 0.139. The van der Waals surface area contributed by atoms with Crippen LogP contribution in [0, 0.1) is 0 Å². The molecule has 6 rings (SSSR count). The number of nitrogens with two attached hydrogens (primary N) is 1. The van der Waals surface area contributed by atoms with E-state index in [0.717, 1.165) is 29.9 Å². The lowest BCUT2D eigenvalue weighted by molar-refractivity contribution is 0.0949. The molecule has 0 saturated carbocycles. The molecule has 0 unspecified atom stereocenters. The van der Waals surface area contributed by atoms with Crippen molar-refractivity contribution in [2.75, 3.05) is 26.2 Å². The van der Waals surface area contributed by atoms with E-state index in [-0.39, 0.29) is 16.9 Å². The van der Waals surface area contributed by atoms with Crippen LogP contribution in [0.15, 0.2) is 65.5 Å². The van der Waals surface area contributed by atoms with E-state index in [1.165, 1.54) is 24.2 Å². The summed E-state index contributed by atoms with van der Waals surface area (Å²) >= 11 is 1.40. The van der Waals surface area contributed by atoms with E-state index < -0.39 is 5.91 Å². The summed E-state index contributed by atoms with van der Waals surface area (Å²) in [6.45, 7) is 3.35. The number of carbonyl (C=O) groups is 2. The summed E-state index contributed by atoms with van der Waals surface area (Å²) in [6, 6.07) is 18.2. The van der Waals surface area contributed by atoms with E-state index in [2.05, 4.69) is 10.2 Å². The molecule has 37 heavy (non-hydrogen) atoms. The Hall–Kier alpha value is -4.08. The van der Waals surface area contributed by atoms with Crippen LogP contribution in [-0.4, -0.2) is 52.3 Å². The standard InChI is InChI=1S/C28H25N5O3S/c29-25(35)18-7-5-6-17(16-18)20-11-10-19-24(34)23(27(36)30-12-15-32-13-3-4-14-32)28-33(26(19)31-20)21-8-1-2-9-22(21)37-28/h1-2,5-11,16H,3-4,12-15H2,(H2,29,35)(H,30,36). The van der Waals surface area contributed by atoms with E-state index in [9.17, 15) is 14.4 Å². The third kappa shape index (κ3) is 4.16. The summed E-state index contributed by atoms with van der Waals surface area (Å²) in [4.78, 5) is 46.5. The Labute approximate surface area is 216 Å². The normalized spacial score (nSPS) is 14.1. The number of fused-ring (bicyclic) bond motifs is 5. The molecular formula is C28H25N5O3S. The molecule has 9 heteroatoms. The fourth-order valence-electron chi connectivity index (χ4n) is 5.00. The van der Waals surface area contributed by atoms with Gasteiger partial charge in [0.25, 0.3) is 5.91 Å². The Bertz CT molecular complexity index is 1750. The molecule has 1 fully saturated rings. The highest BCUT2D eigenvalue weighted by atomic mass is 32.1. The van der Waals surface area contributed by atoms with E-state index >= 15 is 0 Å². The number of aromatic nitrogens is 2.